The highest BCUT2D eigenvalue weighted by Gasteiger charge is 2.50. The average Bonchev–Trinajstić information content (AvgIpc) is 3.29. The van der Waals surface area contributed by atoms with Crippen LogP contribution in [0, 0.1) is 0 Å². The molecule has 184 valence electrons. The van der Waals surface area contributed by atoms with Gasteiger partial charge in [0, 0.05) is 28.1 Å². The molecule has 1 aliphatic carbocycles. The number of nitrogens with one attached hydrogen (secondary N) is 1. The Hall–Kier alpha value is -5.08. The number of rotatable bonds is 3. The number of anilines is 2. The summed E-state index contributed by atoms with van der Waals surface area (Å²) < 4.78 is 6.56. The molecule has 39 heavy (non-hydrogen) atoms. The molecule has 2 nitrogen and oxygen atoms in total. The van der Waals surface area contributed by atoms with Gasteiger partial charge in [0.1, 0.15) is 11.5 Å². The molecule has 0 saturated carbocycles. The molecular weight excluding hydrogens is 474 g/mol. The Bertz CT molecular complexity index is 1830. The van der Waals surface area contributed by atoms with Crippen LogP contribution >= 0.6 is 0 Å². The maximum atomic E-state index is 6.56. The van der Waals surface area contributed by atoms with E-state index in [0.29, 0.717) is 0 Å². The summed E-state index contributed by atoms with van der Waals surface area (Å²) in [6, 6.07) is 51.7. The van der Waals surface area contributed by atoms with Crippen LogP contribution < -0.4 is 10.1 Å². The first-order valence-corrected chi connectivity index (χ1v) is 13.4. The summed E-state index contributed by atoms with van der Waals surface area (Å²) in [7, 11) is 0. The van der Waals surface area contributed by atoms with E-state index in [4.69, 9.17) is 4.74 Å². The molecule has 1 spiro atoms. The van der Waals surface area contributed by atoms with Gasteiger partial charge < -0.3 is 10.1 Å². The van der Waals surface area contributed by atoms with Crippen LogP contribution in [0.2, 0.25) is 0 Å². The first-order chi connectivity index (χ1) is 19.3. The van der Waals surface area contributed by atoms with Gasteiger partial charge in [-0.2, -0.15) is 0 Å². The third-order valence-electron chi connectivity index (χ3n) is 8.14. The number of hydrogen-bond donors (Lipinski definition) is 1. The van der Waals surface area contributed by atoms with Gasteiger partial charge in [-0.25, -0.2) is 0 Å². The van der Waals surface area contributed by atoms with E-state index in [0.717, 1.165) is 28.4 Å². The van der Waals surface area contributed by atoms with Crippen molar-refractivity contribution < 1.29 is 4.74 Å². The van der Waals surface area contributed by atoms with Crippen LogP contribution in [-0.2, 0) is 5.41 Å². The molecule has 2 aliphatic rings. The molecule has 1 N–H and O–H groups in total. The van der Waals surface area contributed by atoms with Crippen molar-refractivity contribution in [3.05, 3.63) is 168 Å². The fourth-order valence-electron chi connectivity index (χ4n) is 6.55. The van der Waals surface area contributed by atoms with Gasteiger partial charge in [-0.1, -0.05) is 115 Å². The first kappa shape index (κ1) is 22.0. The highest BCUT2D eigenvalue weighted by molar-refractivity contribution is 5.89. The van der Waals surface area contributed by atoms with Crippen LogP contribution in [0.3, 0.4) is 0 Å². The van der Waals surface area contributed by atoms with Gasteiger partial charge >= 0.3 is 0 Å². The molecular formula is C37H25NO. The van der Waals surface area contributed by atoms with Crippen molar-refractivity contribution in [2.24, 2.45) is 0 Å². The maximum absolute atomic E-state index is 6.56. The summed E-state index contributed by atoms with van der Waals surface area (Å²) in [5.74, 6) is 1.80. The summed E-state index contributed by atoms with van der Waals surface area (Å²) in [6.45, 7) is 0. The van der Waals surface area contributed by atoms with Crippen molar-refractivity contribution in [2.45, 2.75) is 5.41 Å². The molecule has 1 heterocycles. The Kier molecular flexibility index (Phi) is 4.77. The van der Waals surface area contributed by atoms with Crippen LogP contribution in [-0.4, -0.2) is 0 Å². The molecule has 0 aromatic heterocycles. The average molecular weight is 500 g/mol. The standard InChI is InChI=1S/C37H25NO/c1-2-12-25(13-3-1)27-14-6-10-20-34(27)38-26-22-23-36-33(24-26)37(32-19-9-11-21-35(32)39-36)30-17-7-4-15-28(30)29-16-5-8-18-31(29)37/h1-24,38H. The number of ether oxygens (including phenoxy) is 1. The van der Waals surface area contributed by atoms with Crippen LogP contribution in [0.1, 0.15) is 22.3 Å². The molecule has 0 atom stereocenters. The van der Waals surface area contributed by atoms with E-state index in [1.807, 2.05) is 0 Å². The quantitative estimate of drug-likeness (QED) is 0.261. The van der Waals surface area contributed by atoms with Crippen LogP contribution in [0.25, 0.3) is 22.3 Å². The third kappa shape index (κ3) is 3.15. The van der Waals surface area contributed by atoms with E-state index in [1.165, 1.54) is 38.9 Å². The zero-order valence-electron chi connectivity index (χ0n) is 21.3. The van der Waals surface area contributed by atoms with Gasteiger partial charge in [0.15, 0.2) is 0 Å². The SMILES string of the molecule is c1ccc(-c2ccccc2Nc2ccc3c(c2)C2(c4ccccc4O3)c3ccccc3-c3ccccc32)cc1. The lowest BCUT2D eigenvalue weighted by Crippen LogP contribution is -2.32. The summed E-state index contributed by atoms with van der Waals surface area (Å²) in [4.78, 5) is 0. The predicted molar refractivity (Wildman–Crippen MR) is 159 cm³/mol. The van der Waals surface area contributed by atoms with Gasteiger partial charge in [0.25, 0.3) is 0 Å². The molecule has 0 radical (unpaired) electrons. The zero-order chi connectivity index (χ0) is 25.8. The van der Waals surface area contributed by atoms with E-state index in [2.05, 4.69) is 151 Å². The van der Waals surface area contributed by atoms with Gasteiger partial charge in [0.05, 0.1) is 5.41 Å². The van der Waals surface area contributed by atoms with Crippen molar-refractivity contribution in [1.82, 2.24) is 0 Å². The molecule has 0 fully saturated rings. The summed E-state index contributed by atoms with van der Waals surface area (Å²) in [5, 5.41) is 3.74. The van der Waals surface area contributed by atoms with Gasteiger partial charge in [-0.15, -0.1) is 0 Å². The molecule has 6 aromatic rings. The smallest absolute Gasteiger partial charge is 0.132 e. The molecule has 8 rings (SSSR count). The second-order valence-electron chi connectivity index (χ2n) is 10.2. The van der Waals surface area contributed by atoms with E-state index >= 15 is 0 Å². The van der Waals surface area contributed by atoms with Crippen LogP contribution in [0.15, 0.2) is 146 Å². The summed E-state index contributed by atoms with van der Waals surface area (Å²) in [5.41, 5.74) is 11.5. The zero-order valence-corrected chi connectivity index (χ0v) is 21.3. The van der Waals surface area contributed by atoms with Crippen LogP contribution in [0.5, 0.6) is 11.5 Å². The Balaban J connectivity index is 1.36. The Morgan fingerprint density at radius 3 is 1.74 bits per heavy atom. The summed E-state index contributed by atoms with van der Waals surface area (Å²) in [6.07, 6.45) is 0. The van der Waals surface area contributed by atoms with Crippen molar-refractivity contribution >= 4 is 11.4 Å². The predicted octanol–water partition coefficient (Wildman–Crippen LogP) is 9.57. The fourth-order valence-corrected chi connectivity index (χ4v) is 6.55. The monoisotopic (exact) mass is 499 g/mol. The normalized spacial score (nSPS) is 13.5. The second-order valence-corrected chi connectivity index (χ2v) is 10.2. The molecule has 0 saturated heterocycles. The number of benzene rings is 6. The topological polar surface area (TPSA) is 21.3 Å². The van der Waals surface area contributed by atoms with Gasteiger partial charge in [0.2, 0.25) is 0 Å². The Morgan fingerprint density at radius 2 is 1.00 bits per heavy atom. The van der Waals surface area contributed by atoms with Gasteiger partial charge in [-0.05, 0) is 58.1 Å². The van der Waals surface area contributed by atoms with E-state index in [9.17, 15) is 0 Å². The molecule has 0 bridgehead atoms. The Morgan fingerprint density at radius 1 is 0.436 bits per heavy atom. The Labute approximate surface area is 228 Å². The minimum atomic E-state index is -0.464. The maximum Gasteiger partial charge on any atom is 0.132 e. The lowest BCUT2D eigenvalue weighted by atomic mass is 9.66. The van der Waals surface area contributed by atoms with E-state index < -0.39 is 5.41 Å². The molecule has 6 aromatic carbocycles. The lowest BCUT2D eigenvalue weighted by molar-refractivity contribution is 0.436. The molecule has 1 aliphatic heterocycles. The molecule has 0 unspecified atom stereocenters. The van der Waals surface area contributed by atoms with Crippen molar-refractivity contribution in [3.8, 4) is 33.8 Å². The van der Waals surface area contributed by atoms with Crippen molar-refractivity contribution in [3.63, 3.8) is 0 Å². The lowest BCUT2D eigenvalue weighted by Gasteiger charge is -2.39. The van der Waals surface area contributed by atoms with Crippen molar-refractivity contribution in [2.75, 3.05) is 5.32 Å². The summed E-state index contributed by atoms with van der Waals surface area (Å²) >= 11 is 0. The van der Waals surface area contributed by atoms with Crippen molar-refractivity contribution in [1.29, 1.82) is 0 Å². The van der Waals surface area contributed by atoms with Crippen LogP contribution in [0.4, 0.5) is 11.4 Å². The number of hydrogen-bond acceptors (Lipinski definition) is 2. The van der Waals surface area contributed by atoms with Gasteiger partial charge in [-0.3, -0.25) is 0 Å². The molecule has 0 amide bonds. The highest BCUT2D eigenvalue weighted by Crippen LogP contribution is 2.62. The number of para-hydroxylation sites is 2. The first-order valence-electron chi connectivity index (χ1n) is 13.4. The minimum Gasteiger partial charge on any atom is -0.457 e. The minimum absolute atomic E-state index is 0.464. The largest absolute Gasteiger partial charge is 0.457 e. The van der Waals surface area contributed by atoms with E-state index in [-0.39, 0.29) is 0 Å². The molecule has 2 heteroatoms. The number of fused-ring (bicyclic) bond motifs is 9. The second kappa shape index (κ2) is 8.47. The highest BCUT2D eigenvalue weighted by atomic mass is 16.5. The van der Waals surface area contributed by atoms with E-state index in [1.54, 1.807) is 0 Å². The third-order valence-corrected chi connectivity index (χ3v) is 8.14. The fraction of sp³-hybridized carbons (Fsp3) is 0.0270.